The highest BCUT2D eigenvalue weighted by Gasteiger charge is 1.98. The molecule has 0 heterocycles. The van der Waals surface area contributed by atoms with Crippen molar-refractivity contribution in [3.63, 3.8) is 0 Å². The van der Waals surface area contributed by atoms with Crippen LogP contribution in [0.25, 0.3) is 0 Å². The standard InChI is InChI=1S/C7H10N2O5.C6H12/c8-7(13)9-3-4-14-6(12)2-1-5(10)11;1-3-5-6-4-2/h1-2H,3-4H2,(H,10,11)(H3,8,9,13);3H,1,4-6H2,2H3/b2-1+;. The molecular formula is C13H22N2O5. The summed E-state index contributed by atoms with van der Waals surface area (Å²) in [6.07, 6.45) is 7.14. The molecule has 20 heavy (non-hydrogen) atoms. The molecule has 0 radical (unpaired) electrons. The molecule has 7 heteroatoms. The molecule has 0 rings (SSSR count). The third-order valence-corrected chi connectivity index (χ3v) is 1.77. The molecule has 0 aliphatic carbocycles. The summed E-state index contributed by atoms with van der Waals surface area (Å²) in [5.74, 6) is -2.03. The van der Waals surface area contributed by atoms with Crippen LogP contribution in [0, 0.1) is 0 Å². The van der Waals surface area contributed by atoms with Gasteiger partial charge in [0.2, 0.25) is 0 Å². The van der Waals surface area contributed by atoms with Gasteiger partial charge in [-0.05, 0) is 6.42 Å². The smallest absolute Gasteiger partial charge is 0.331 e. The SMILES string of the molecule is C=CCCCC.NC(=O)NCCOC(=O)/C=C/C(=O)O. The number of carbonyl (C=O) groups is 3. The number of carboxylic acid groups (broad SMARTS) is 1. The van der Waals surface area contributed by atoms with Gasteiger partial charge in [-0.25, -0.2) is 14.4 Å². The average Bonchev–Trinajstić information content (AvgIpc) is 2.39. The van der Waals surface area contributed by atoms with E-state index in [2.05, 4.69) is 23.6 Å². The zero-order chi connectivity index (χ0) is 15.8. The minimum Gasteiger partial charge on any atom is -0.478 e. The Morgan fingerprint density at radius 1 is 1.35 bits per heavy atom. The van der Waals surface area contributed by atoms with E-state index in [1.807, 2.05) is 6.08 Å². The van der Waals surface area contributed by atoms with Gasteiger partial charge in [0.05, 0.1) is 6.54 Å². The van der Waals surface area contributed by atoms with Crippen LogP contribution in [0.5, 0.6) is 0 Å². The number of unbranched alkanes of at least 4 members (excludes halogenated alkanes) is 2. The number of urea groups is 1. The van der Waals surface area contributed by atoms with Crippen LogP contribution in [0.4, 0.5) is 4.79 Å². The number of nitrogens with two attached hydrogens (primary N) is 1. The Morgan fingerprint density at radius 2 is 2.00 bits per heavy atom. The van der Waals surface area contributed by atoms with E-state index in [0.717, 1.165) is 6.08 Å². The Balaban J connectivity index is 0. The first-order valence-corrected chi connectivity index (χ1v) is 6.16. The van der Waals surface area contributed by atoms with Crippen molar-refractivity contribution in [2.24, 2.45) is 5.73 Å². The van der Waals surface area contributed by atoms with Gasteiger partial charge in [0.1, 0.15) is 6.61 Å². The maximum Gasteiger partial charge on any atom is 0.331 e. The zero-order valence-corrected chi connectivity index (χ0v) is 11.6. The highest BCUT2D eigenvalue weighted by atomic mass is 16.5. The molecule has 0 atom stereocenters. The lowest BCUT2D eigenvalue weighted by atomic mass is 10.3. The van der Waals surface area contributed by atoms with Crippen LogP contribution < -0.4 is 11.1 Å². The van der Waals surface area contributed by atoms with Gasteiger partial charge >= 0.3 is 18.0 Å². The van der Waals surface area contributed by atoms with Gasteiger partial charge in [-0.1, -0.05) is 25.8 Å². The Morgan fingerprint density at radius 3 is 2.40 bits per heavy atom. The average molecular weight is 286 g/mol. The van der Waals surface area contributed by atoms with Crippen LogP contribution in [0.1, 0.15) is 26.2 Å². The third-order valence-electron chi connectivity index (χ3n) is 1.77. The summed E-state index contributed by atoms with van der Waals surface area (Å²) in [7, 11) is 0. The predicted molar refractivity (Wildman–Crippen MR) is 75.0 cm³/mol. The summed E-state index contributed by atoms with van der Waals surface area (Å²) in [5.41, 5.74) is 4.73. The zero-order valence-electron chi connectivity index (χ0n) is 11.6. The van der Waals surface area contributed by atoms with E-state index < -0.39 is 18.0 Å². The highest BCUT2D eigenvalue weighted by Crippen LogP contribution is 1.91. The van der Waals surface area contributed by atoms with E-state index in [1.165, 1.54) is 19.3 Å². The van der Waals surface area contributed by atoms with Crippen molar-refractivity contribution in [3.05, 3.63) is 24.8 Å². The Labute approximate surface area is 118 Å². The maximum atomic E-state index is 10.7. The van der Waals surface area contributed by atoms with E-state index in [9.17, 15) is 14.4 Å². The van der Waals surface area contributed by atoms with Crippen LogP contribution in [-0.4, -0.2) is 36.2 Å². The van der Waals surface area contributed by atoms with Crippen molar-refractivity contribution in [2.75, 3.05) is 13.2 Å². The van der Waals surface area contributed by atoms with Gasteiger partial charge in [-0.3, -0.25) is 0 Å². The van der Waals surface area contributed by atoms with Crippen molar-refractivity contribution in [1.82, 2.24) is 5.32 Å². The maximum absolute atomic E-state index is 10.7. The number of esters is 1. The number of rotatable bonds is 8. The number of ether oxygens (including phenoxy) is 1. The molecule has 0 aliphatic rings. The summed E-state index contributed by atoms with van der Waals surface area (Å²) in [4.78, 5) is 30.8. The number of carbonyl (C=O) groups excluding carboxylic acids is 2. The molecular weight excluding hydrogens is 264 g/mol. The van der Waals surface area contributed by atoms with E-state index >= 15 is 0 Å². The number of carboxylic acids is 1. The summed E-state index contributed by atoms with van der Waals surface area (Å²) < 4.78 is 4.48. The molecule has 114 valence electrons. The topological polar surface area (TPSA) is 119 Å². The second kappa shape index (κ2) is 14.7. The lowest BCUT2D eigenvalue weighted by molar-refractivity contribution is -0.138. The largest absolute Gasteiger partial charge is 0.478 e. The monoisotopic (exact) mass is 286 g/mol. The molecule has 0 saturated heterocycles. The Bertz CT molecular complexity index is 340. The number of hydrogen-bond acceptors (Lipinski definition) is 4. The predicted octanol–water partition coefficient (Wildman–Crippen LogP) is 1.20. The molecule has 4 N–H and O–H groups in total. The van der Waals surface area contributed by atoms with Gasteiger partial charge in [-0.2, -0.15) is 0 Å². The summed E-state index contributed by atoms with van der Waals surface area (Å²) in [5, 5.41) is 10.3. The van der Waals surface area contributed by atoms with Crippen molar-refractivity contribution < 1.29 is 24.2 Å². The number of allylic oxidation sites excluding steroid dienone is 1. The van der Waals surface area contributed by atoms with Crippen molar-refractivity contribution in [1.29, 1.82) is 0 Å². The van der Waals surface area contributed by atoms with Crippen molar-refractivity contribution >= 4 is 18.0 Å². The van der Waals surface area contributed by atoms with Gasteiger partial charge in [0.15, 0.2) is 0 Å². The van der Waals surface area contributed by atoms with Crippen LogP contribution in [-0.2, 0) is 14.3 Å². The second-order valence-electron chi connectivity index (χ2n) is 3.56. The van der Waals surface area contributed by atoms with Crippen LogP contribution in [0.3, 0.4) is 0 Å². The van der Waals surface area contributed by atoms with Gasteiger partial charge in [0.25, 0.3) is 0 Å². The number of amides is 2. The van der Waals surface area contributed by atoms with Gasteiger partial charge in [0, 0.05) is 12.2 Å². The fraction of sp³-hybridized carbons (Fsp3) is 0.462. The Kier molecular flexibility index (Phi) is 14.8. The number of nitrogens with one attached hydrogen (secondary N) is 1. The normalized spacial score (nSPS) is 9.25. The first kappa shape index (κ1) is 20.0. The summed E-state index contributed by atoms with van der Waals surface area (Å²) in [6, 6.07) is -0.720. The molecule has 0 aromatic heterocycles. The molecule has 0 bridgehead atoms. The summed E-state index contributed by atoms with van der Waals surface area (Å²) >= 11 is 0. The number of aliphatic carboxylic acids is 1. The van der Waals surface area contributed by atoms with E-state index in [-0.39, 0.29) is 13.2 Å². The van der Waals surface area contributed by atoms with E-state index in [4.69, 9.17) is 10.8 Å². The van der Waals surface area contributed by atoms with Crippen LogP contribution in [0.15, 0.2) is 24.8 Å². The van der Waals surface area contributed by atoms with E-state index in [1.54, 1.807) is 0 Å². The highest BCUT2D eigenvalue weighted by molar-refractivity contribution is 5.90. The van der Waals surface area contributed by atoms with Crippen molar-refractivity contribution in [3.8, 4) is 0 Å². The second-order valence-corrected chi connectivity index (χ2v) is 3.56. The first-order chi connectivity index (χ1) is 9.43. The Hall–Kier alpha value is -2.31. The molecule has 0 spiro atoms. The molecule has 0 saturated carbocycles. The molecule has 0 aliphatic heterocycles. The molecule has 0 fully saturated rings. The first-order valence-electron chi connectivity index (χ1n) is 6.16. The molecule has 2 amide bonds. The molecule has 7 nitrogen and oxygen atoms in total. The molecule has 0 aromatic carbocycles. The van der Waals surface area contributed by atoms with Crippen LogP contribution >= 0.6 is 0 Å². The van der Waals surface area contributed by atoms with Crippen molar-refractivity contribution in [2.45, 2.75) is 26.2 Å². The quantitative estimate of drug-likeness (QED) is 0.268. The molecule has 0 unspecified atom stereocenters. The lowest BCUT2D eigenvalue weighted by Crippen LogP contribution is -2.32. The fourth-order valence-electron chi connectivity index (χ4n) is 0.862. The number of primary amides is 1. The lowest BCUT2D eigenvalue weighted by Gasteiger charge is -2.01. The van der Waals surface area contributed by atoms with Gasteiger partial charge in [-0.15, -0.1) is 6.58 Å². The van der Waals surface area contributed by atoms with Crippen LogP contribution in [0.2, 0.25) is 0 Å². The van der Waals surface area contributed by atoms with E-state index in [0.29, 0.717) is 6.08 Å². The molecule has 0 aromatic rings. The fourth-order valence-corrected chi connectivity index (χ4v) is 0.862. The number of hydrogen-bond donors (Lipinski definition) is 3. The van der Waals surface area contributed by atoms with Gasteiger partial charge < -0.3 is 20.9 Å². The third kappa shape index (κ3) is 21.0. The minimum absolute atomic E-state index is 0.0638. The summed E-state index contributed by atoms with van der Waals surface area (Å²) in [6.45, 7) is 5.80. The minimum atomic E-state index is -1.24.